The molecule has 0 saturated carbocycles. The fourth-order valence-electron chi connectivity index (χ4n) is 2.47. The number of fused-ring (bicyclic) bond motifs is 1. The first kappa shape index (κ1) is 15.0. The third kappa shape index (κ3) is 3.16. The van der Waals surface area contributed by atoms with E-state index in [0.717, 1.165) is 10.9 Å². The maximum absolute atomic E-state index is 12.3. The van der Waals surface area contributed by atoms with Crippen LogP contribution in [0.25, 0.3) is 11.0 Å². The van der Waals surface area contributed by atoms with Crippen molar-refractivity contribution in [3.8, 4) is 5.75 Å². The van der Waals surface area contributed by atoms with Gasteiger partial charge >= 0.3 is 5.63 Å². The van der Waals surface area contributed by atoms with E-state index in [2.05, 4.69) is 0 Å². The minimum absolute atomic E-state index is 0.101. The van der Waals surface area contributed by atoms with E-state index in [1.165, 1.54) is 6.07 Å². The van der Waals surface area contributed by atoms with Gasteiger partial charge in [0.15, 0.2) is 6.10 Å². The van der Waals surface area contributed by atoms with Gasteiger partial charge in [-0.3, -0.25) is 4.79 Å². The third-order valence-corrected chi connectivity index (χ3v) is 3.66. The van der Waals surface area contributed by atoms with Crippen LogP contribution in [0.4, 0.5) is 0 Å². The van der Waals surface area contributed by atoms with Crippen molar-refractivity contribution in [1.29, 1.82) is 0 Å². The zero-order valence-corrected chi connectivity index (χ0v) is 12.9. The fraction of sp³-hybridized carbons (Fsp3) is 0.158. The van der Waals surface area contributed by atoms with Gasteiger partial charge in [-0.1, -0.05) is 30.3 Å². The number of carbonyl (C=O) groups is 1. The second-order valence-electron chi connectivity index (χ2n) is 5.40. The molecule has 0 fully saturated rings. The maximum atomic E-state index is 12.3. The Kier molecular flexibility index (Phi) is 3.98. The van der Waals surface area contributed by atoms with Crippen molar-refractivity contribution < 1.29 is 13.9 Å². The molecule has 0 amide bonds. The zero-order valence-electron chi connectivity index (χ0n) is 12.9. The number of ketones is 1. The molecule has 0 bridgehead atoms. The second kappa shape index (κ2) is 6.08. The molecule has 0 spiro atoms. The Morgan fingerprint density at radius 1 is 1.09 bits per heavy atom. The van der Waals surface area contributed by atoms with Crippen LogP contribution in [0.5, 0.6) is 5.75 Å². The summed E-state index contributed by atoms with van der Waals surface area (Å²) in [6, 6.07) is 15.7. The predicted molar refractivity (Wildman–Crippen MR) is 88.1 cm³/mol. The highest BCUT2D eigenvalue weighted by Crippen LogP contribution is 2.23. The molecule has 4 nitrogen and oxygen atoms in total. The van der Waals surface area contributed by atoms with E-state index in [-0.39, 0.29) is 5.78 Å². The maximum Gasteiger partial charge on any atom is 0.336 e. The molecule has 1 aromatic heterocycles. The lowest BCUT2D eigenvalue weighted by Gasteiger charge is -2.14. The van der Waals surface area contributed by atoms with Gasteiger partial charge in [-0.25, -0.2) is 4.79 Å². The molecule has 3 aromatic rings. The Bertz CT molecular complexity index is 910. The first-order valence-corrected chi connectivity index (χ1v) is 7.35. The number of ether oxygens (including phenoxy) is 1. The summed E-state index contributed by atoms with van der Waals surface area (Å²) < 4.78 is 10.9. The molecule has 0 aliphatic heterocycles. The van der Waals surface area contributed by atoms with Crippen molar-refractivity contribution >= 4 is 16.8 Å². The molecule has 0 saturated heterocycles. The van der Waals surface area contributed by atoms with E-state index in [1.54, 1.807) is 31.2 Å². The molecule has 0 aliphatic rings. The highest BCUT2D eigenvalue weighted by Gasteiger charge is 2.17. The van der Waals surface area contributed by atoms with Gasteiger partial charge in [-0.05, 0) is 31.5 Å². The van der Waals surface area contributed by atoms with Gasteiger partial charge in [0.1, 0.15) is 11.3 Å². The summed E-state index contributed by atoms with van der Waals surface area (Å²) in [4.78, 5) is 23.8. The van der Waals surface area contributed by atoms with Crippen molar-refractivity contribution in [2.45, 2.75) is 20.0 Å². The van der Waals surface area contributed by atoms with Gasteiger partial charge in [-0.2, -0.15) is 0 Å². The topological polar surface area (TPSA) is 56.5 Å². The number of carbonyl (C=O) groups excluding carboxylic acids is 1. The molecular formula is C19H16O4. The van der Waals surface area contributed by atoms with Crippen LogP contribution in [-0.2, 0) is 0 Å². The van der Waals surface area contributed by atoms with Gasteiger partial charge in [0, 0.05) is 23.1 Å². The average molecular weight is 308 g/mol. The number of rotatable bonds is 4. The summed E-state index contributed by atoms with van der Waals surface area (Å²) >= 11 is 0. The van der Waals surface area contributed by atoms with Crippen LogP contribution < -0.4 is 10.4 Å². The van der Waals surface area contributed by atoms with Crippen LogP contribution in [0.2, 0.25) is 0 Å². The van der Waals surface area contributed by atoms with Crippen molar-refractivity contribution in [3.05, 3.63) is 76.1 Å². The summed E-state index contributed by atoms with van der Waals surface area (Å²) in [5.41, 5.74) is 1.49. The number of hydrogen-bond acceptors (Lipinski definition) is 4. The van der Waals surface area contributed by atoms with Crippen LogP contribution in [0.3, 0.4) is 0 Å². The summed E-state index contributed by atoms with van der Waals surface area (Å²) in [5, 5.41) is 0.846. The van der Waals surface area contributed by atoms with Crippen LogP contribution in [0, 0.1) is 6.92 Å². The molecule has 3 rings (SSSR count). The van der Waals surface area contributed by atoms with E-state index in [1.807, 2.05) is 31.2 Å². The SMILES string of the molecule is Cc1cc(=O)oc2cc(O[C@H](C)C(=O)c3ccccc3)ccc12. The summed E-state index contributed by atoms with van der Waals surface area (Å²) in [6.07, 6.45) is -0.633. The highest BCUT2D eigenvalue weighted by atomic mass is 16.5. The molecule has 1 heterocycles. The number of benzene rings is 2. The number of hydrogen-bond donors (Lipinski definition) is 0. The summed E-state index contributed by atoms with van der Waals surface area (Å²) in [7, 11) is 0. The van der Waals surface area contributed by atoms with E-state index in [9.17, 15) is 9.59 Å². The lowest BCUT2D eigenvalue weighted by molar-refractivity contribution is 0.0818. The second-order valence-corrected chi connectivity index (χ2v) is 5.40. The fourth-order valence-corrected chi connectivity index (χ4v) is 2.47. The Morgan fingerprint density at radius 3 is 2.57 bits per heavy atom. The Hall–Kier alpha value is -2.88. The lowest BCUT2D eigenvalue weighted by Crippen LogP contribution is -2.23. The van der Waals surface area contributed by atoms with E-state index >= 15 is 0 Å². The molecule has 23 heavy (non-hydrogen) atoms. The minimum atomic E-state index is -0.633. The smallest absolute Gasteiger partial charge is 0.336 e. The van der Waals surface area contributed by atoms with Gasteiger partial charge < -0.3 is 9.15 Å². The summed E-state index contributed by atoms with van der Waals surface area (Å²) in [6.45, 7) is 3.55. The van der Waals surface area contributed by atoms with Crippen LogP contribution >= 0.6 is 0 Å². The molecule has 0 aliphatic carbocycles. The molecule has 2 aromatic carbocycles. The molecule has 116 valence electrons. The van der Waals surface area contributed by atoms with E-state index < -0.39 is 11.7 Å². The molecular weight excluding hydrogens is 292 g/mol. The molecule has 0 radical (unpaired) electrons. The first-order valence-electron chi connectivity index (χ1n) is 7.35. The molecule has 0 unspecified atom stereocenters. The Morgan fingerprint density at radius 2 is 1.83 bits per heavy atom. The van der Waals surface area contributed by atoms with Crippen LogP contribution in [0.15, 0.2) is 63.8 Å². The van der Waals surface area contributed by atoms with Crippen molar-refractivity contribution in [2.75, 3.05) is 0 Å². The van der Waals surface area contributed by atoms with Crippen molar-refractivity contribution in [1.82, 2.24) is 0 Å². The monoisotopic (exact) mass is 308 g/mol. The quantitative estimate of drug-likeness (QED) is 0.544. The lowest BCUT2D eigenvalue weighted by atomic mass is 10.1. The van der Waals surface area contributed by atoms with Crippen LogP contribution in [-0.4, -0.2) is 11.9 Å². The van der Waals surface area contributed by atoms with Gasteiger partial charge in [0.2, 0.25) is 5.78 Å². The van der Waals surface area contributed by atoms with Gasteiger partial charge in [-0.15, -0.1) is 0 Å². The average Bonchev–Trinajstić information content (AvgIpc) is 2.54. The number of Topliss-reactive ketones (excluding diaryl/α,β-unsaturated/α-hetero) is 1. The normalized spacial score (nSPS) is 12.1. The largest absolute Gasteiger partial charge is 0.482 e. The highest BCUT2D eigenvalue weighted by molar-refractivity contribution is 5.99. The Labute approximate surface area is 133 Å². The molecule has 4 heteroatoms. The van der Waals surface area contributed by atoms with Gasteiger partial charge in [0.05, 0.1) is 0 Å². The van der Waals surface area contributed by atoms with E-state index in [0.29, 0.717) is 16.9 Å². The standard InChI is InChI=1S/C19H16O4/c1-12-10-18(20)23-17-11-15(8-9-16(12)17)22-13(2)19(21)14-6-4-3-5-7-14/h3-11,13H,1-2H3/t13-/m1/s1. The van der Waals surface area contributed by atoms with Gasteiger partial charge in [0.25, 0.3) is 0 Å². The van der Waals surface area contributed by atoms with Crippen LogP contribution in [0.1, 0.15) is 22.8 Å². The first-order chi connectivity index (χ1) is 11.0. The predicted octanol–water partition coefficient (Wildman–Crippen LogP) is 3.75. The Balaban J connectivity index is 1.86. The van der Waals surface area contributed by atoms with Crippen molar-refractivity contribution in [2.24, 2.45) is 0 Å². The van der Waals surface area contributed by atoms with Crippen molar-refractivity contribution in [3.63, 3.8) is 0 Å². The molecule has 1 atom stereocenters. The number of aryl methyl sites for hydroxylation is 1. The summed E-state index contributed by atoms with van der Waals surface area (Å²) in [5.74, 6) is 0.388. The minimum Gasteiger partial charge on any atom is -0.482 e. The zero-order chi connectivity index (χ0) is 16.4. The molecule has 0 N–H and O–H groups in total. The van der Waals surface area contributed by atoms with E-state index in [4.69, 9.17) is 9.15 Å². The third-order valence-electron chi connectivity index (χ3n) is 3.66.